The van der Waals surface area contributed by atoms with Crippen LogP contribution in [0.15, 0.2) is 42.5 Å². The first-order valence-electron chi connectivity index (χ1n) is 5.89. The number of aliphatic hydroxyl groups is 1. The van der Waals surface area contributed by atoms with Crippen LogP contribution in [0.2, 0.25) is 0 Å². The van der Waals surface area contributed by atoms with Gasteiger partial charge in [-0.05, 0) is 29.8 Å². The lowest BCUT2D eigenvalue weighted by Gasteiger charge is -2.04. The summed E-state index contributed by atoms with van der Waals surface area (Å²) in [4.78, 5) is 0. The number of aromatic hydroxyl groups is 1. The average molecular weight is 256 g/mol. The van der Waals surface area contributed by atoms with Gasteiger partial charge in [-0.25, -0.2) is 4.39 Å². The van der Waals surface area contributed by atoms with Crippen LogP contribution in [-0.4, -0.2) is 16.8 Å². The normalized spacial score (nSPS) is 9.79. The third-order valence-corrected chi connectivity index (χ3v) is 2.62. The van der Waals surface area contributed by atoms with Crippen molar-refractivity contribution < 1.29 is 14.6 Å². The average Bonchev–Trinajstić information content (AvgIpc) is 2.40. The van der Waals surface area contributed by atoms with Gasteiger partial charge in [0.2, 0.25) is 0 Å². The van der Waals surface area contributed by atoms with Crippen LogP contribution in [0.25, 0.3) is 11.1 Å². The summed E-state index contributed by atoms with van der Waals surface area (Å²) in [6.45, 7) is 0.0454. The van der Waals surface area contributed by atoms with Gasteiger partial charge in [0.25, 0.3) is 0 Å². The quantitative estimate of drug-likeness (QED) is 0.811. The first-order chi connectivity index (χ1) is 9.20. The van der Waals surface area contributed by atoms with Gasteiger partial charge in [-0.2, -0.15) is 0 Å². The lowest BCUT2D eigenvalue weighted by atomic mass is 10.0. The second-order valence-corrected chi connectivity index (χ2v) is 4.02. The number of hydrogen-bond acceptors (Lipinski definition) is 2. The molecule has 0 fully saturated rings. The number of phenols is 1. The summed E-state index contributed by atoms with van der Waals surface area (Å²) in [7, 11) is 0. The first-order valence-corrected chi connectivity index (χ1v) is 5.89. The van der Waals surface area contributed by atoms with E-state index in [1.807, 2.05) is 0 Å². The maximum Gasteiger partial charge on any atom is 0.134 e. The van der Waals surface area contributed by atoms with Crippen LogP contribution in [0.4, 0.5) is 4.39 Å². The highest BCUT2D eigenvalue weighted by molar-refractivity contribution is 5.65. The van der Waals surface area contributed by atoms with Crippen LogP contribution >= 0.6 is 0 Å². The van der Waals surface area contributed by atoms with Gasteiger partial charge in [0, 0.05) is 23.6 Å². The van der Waals surface area contributed by atoms with Gasteiger partial charge < -0.3 is 10.2 Å². The number of rotatable bonds is 2. The van der Waals surface area contributed by atoms with Crippen molar-refractivity contribution in [3.8, 4) is 28.7 Å². The Morgan fingerprint density at radius 1 is 1.05 bits per heavy atom. The molecule has 0 amide bonds. The van der Waals surface area contributed by atoms with Gasteiger partial charge in [-0.15, -0.1) is 0 Å². The van der Waals surface area contributed by atoms with Gasteiger partial charge in [0.05, 0.1) is 6.61 Å². The third kappa shape index (κ3) is 3.34. The van der Waals surface area contributed by atoms with Crippen LogP contribution < -0.4 is 0 Å². The van der Waals surface area contributed by atoms with E-state index < -0.39 is 5.82 Å². The molecule has 0 aliphatic heterocycles. The van der Waals surface area contributed by atoms with Gasteiger partial charge in [-0.3, -0.25) is 0 Å². The Morgan fingerprint density at radius 3 is 2.42 bits per heavy atom. The molecule has 0 bridgehead atoms. The summed E-state index contributed by atoms with van der Waals surface area (Å²) < 4.78 is 13.7. The zero-order valence-electron chi connectivity index (χ0n) is 10.2. The molecule has 0 saturated carbocycles. The van der Waals surface area contributed by atoms with Crippen LogP contribution in [0, 0.1) is 17.7 Å². The zero-order chi connectivity index (χ0) is 13.7. The number of benzene rings is 2. The predicted molar refractivity (Wildman–Crippen MR) is 72.1 cm³/mol. The zero-order valence-corrected chi connectivity index (χ0v) is 10.2. The Bertz CT molecular complexity index is 621. The summed E-state index contributed by atoms with van der Waals surface area (Å²) in [5.41, 5.74) is 1.98. The molecule has 2 nitrogen and oxygen atoms in total. The minimum Gasteiger partial charge on any atom is -0.508 e. The van der Waals surface area contributed by atoms with Crippen LogP contribution in [0.5, 0.6) is 5.75 Å². The summed E-state index contributed by atoms with van der Waals surface area (Å²) in [6.07, 6.45) is 0.439. The topological polar surface area (TPSA) is 40.5 Å². The fourth-order valence-electron chi connectivity index (χ4n) is 1.69. The highest BCUT2D eigenvalue weighted by Crippen LogP contribution is 2.25. The van der Waals surface area contributed by atoms with E-state index in [-0.39, 0.29) is 12.4 Å². The summed E-state index contributed by atoms with van der Waals surface area (Å²) in [5.74, 6) is 5.18. The minimum absolute atomic E-state index is 0.0454. The molecule has 2 N–H and O–H groups in total. The molecule has 96 valence electrons. The number of phenolic OH excluding ortho intramolecular Hbond substituents is 1. The highest BCUT2D eigenvalue weighted by Gasteiger charge is 2.05. The molecule has 0 saturated heterocycles. The van der Waals surface area contributed by atoms with E-state index in [1.165, 1.54) is 12.1 Å². The maximum atomic E-state index is 13.7. The summed E-state index contributed by atoms with van der Waals surface area (Å²) >= 11 is 0. The number of halogens is 1. The van der Waals surface area contributed by atoms with Crippen molar-refractivity contribution in [2.45, 2.75) is 6.42 Å². The molecular weight excluding hydrogens is 243 g/mol. The molecule has 2 rings (SSSR count). The largest absolute Gasteiger partial charge is 0.508 e. The molecule has 2 aromatic rings. The van der Waals surface area contributed by atoms with E-state index in [1.54, 1.807) is 24.3 Å². The van der Waals surface area contributed by atoms with Gasteiger partial charge in [0.15, 0.2) is 0 Å². The van der Waals surface area contributed by atoms with E-state index in [4.69, 9.17) is 5.11 Å². The smallest absolute Gasteiger partial charge is 0.134 e. The number of hydrogen-bond donors (Lipinski definition) is 2. The van der Waals surface area contributed by atoms with E-state index in [0.717, 1.165) is 17.2 Å². The van der Waals surface area contributed by atoms with Crippen molar-refractivity contribution in [2.24, 2.45) is 0 Å². The Kier molecular flexibility index (Phi) is 4.17. The van der Waals surface area contributed by atoms with Crippen molar-refractivity contribution in [3.63, 3.8) is 0 Å². The molecule has 0 heterocycles. The molecule has 0 aliphatic rings. The number of aliphatic hydroxyl groups excluding tert-OH is 1. The fourth-order valence-corrected chi connectivity index (χ4v) is 1.69. The molecule has 3 heteroatoms. The van der Waals surface area contributed by atoms with Gasteiger partial charge >= 0.3 is 0 Å². The first kappa shape index (κ1) is 13.1. The molecule has 0 radical (unpaired) electrons. The second-order valence-electron chi connectivity index (χ2n) is 4.02. The molecule has 0 aliphatic carbocycles. The Balaban J connectivity index is 2.25. The predicted octanol–water partition coefficient (Wildman–Crippen LogP) is 2.93. The fraction of sp³-hybridized carbons (Fsp3) is 0.125. The molecule has 0 unspecified atom stereocenters. The van der Waals surface area contributed by atoms with Crippen molar-refractivity contribution >= 4 is 0 Å². The molecule has 19 heavy (non-hydrogen) atoms. The van der Waals surface area contributed by atoms with E-state index in [9.17, 15) is 9.50 Å². The van der Waals surface area contributed by atoms with Crippen LogP contribution in [0.1, 0.15) is 12.0 Å². The molecule has 0 aromatic heterocycles. The Labute approximate surface area is 111 Å². The van der Waals surface area contributed by atoms with Crippen molar-refractivity contribution in [3.05, 3.63) is 53.8 Å². The summed E-state index contributed by atoms with van der Waals surface area (Å²) in [6, 6.07) is 11.2. The van der Waals surface area contributed by atoms with Crippen molar-refractivity contribution in [1.82, 2.24) is 0 Å². The Morgan fingerprint density at radius 2 is 1.79 bits per heavy atom. The SMILES string of the molecule is OCCC#Cc1ccc(-c2ccc(O)cc2F)cc1. The second kappa shape index (κ2) is 6.03. The molecule has 0 spiro atoms. The van der Waals surface area contributed by atoms with Crippen LogP contribution in [-0.2, 0) is 0 Å². The van der Waals surface area contributed by atoms with E-state index in [2.05, 4.69) is 11.8 Å². The standard InChI is InChI=1S/C16H13FO2/c17-16-11-14(19)8-9-15(16)13-6-4-12(5-7-13)3-1-2-10-18/h4-9,11,18-19H,2,10H2. The summed E-state index contributed by atoms with van der Waals surface area (Å²) in [5, 5.41) is 17.8. The molecule has 0 atom stereocenters. The van der Waals surface area contributed by atoms with Crippen LogP contribution in [0.3, 0.4) is 0 Å². The van der Waals surface area contributed by atoms with Gasteiger partial charge in [0.1, 0.15) is 11.6 Å². The lowest BCUT2D eigenvalue weighted by molar-refractivity contribution is 0.305. The van der Waals surface area contributed by atoms with Crippen molar-refractivity contribution in [2.75, 3.05) is 6.61 Å². The maximum absolute atomic E-state index is 13.7. The van der Waals surface area contributed by atoms with Crippen molar-refractivity contribution in [1.29, 1.82) is 0 Å². The Hall–Kier alpha value is -2.31. The minimum atomic E-state index is -0.459. The molecule has 2 aromatic carbocycles. The third-order valence-electron chi connectivity index (χ3n) is 2.62. The van der Waals surface area contributed by atoms with E-state index in [0.29, 0.717) is 12.0 Å². The highest BCUT2D eigenvalue weighted by atomic mass is 19.1. The van der Waals surface area contributed by atoms with E-state index >= 15 is 0 Å². The molecular formula is C16H13FO2. The lowest BCUT2D eigenvalue weighted by Crippen LogP contribution is -1.84. The monoisotopic (exact) mass is 256 g/mol. The van der Waals surface area contributed by atoms with Gasteiger partial charge in [-0.1, -0.05) is 24.0 Å².